The number of unbranched alkanes of at least 4 members (excludes halogenated alkanes) is 10. The van der Waals surface area contributed by atoms with Crippen molar-refractivity contribution in [3.8, 4) is 11.5 Å². The zero-order valence-corrected chi connectivity index (χ0v) is 19.5. The van der Waals surface area contributed by atoms with Crippen LogP contribution in [0.25, 0.3) is 0 Å². The summed E-state index contributed by atoms with van der Waals surface area (Å²) >= 11 is 0. The molecule has 0 saturated carbocycles. The van der Waals surface area contributed by atoms with E-state index in [1.165, 1.54) is 89.5 Å². The van der Waals surface area contributed by atoms with Gasteiger partial charge in [-0.3, -0.25) is 9.59 Å². The van der Waals surface area contributed by atoms with Crippen LogP contribution in [-0.2, 0) is 9.53 Å². The predicted octanol–water partition coefficient (Wildman–Crippen LogP) is 6.85. The van der Waals surface area contributed by atoms with Crippen LogP contribution in [0.5, 0.6) is 11.5 Å². The van der Waals surface area contributed by atoms with Crippen molar-refractivity contribution in [2.24, 2.45) is 0 Å². The van der Waals surface area contributed by atoms with Gasteiger partial charge in [0.15, 0.2) is 11.5 Å². The van der Waals surface area contributed by atoms with Crippen molar-refractivity contribution in [3.05, 3.63) is 23.8 Å². The first-order chi connectivity index (χ1) is 14.4. The van der Waals surface area contributed by atoms with Crippen LogP contribution < -0.4 is 4.74 Å². The number of carbonyl (C=O) groups is 2. The van der Waals surface area contributed by atoms with Gasteiger partial charge in [0.25, 0.3) is 0 Å². The van der Waals surface area contributed by atoms with Gasteiger partial charge < -0.3 is 14.6 Å². The Labute approximate surface area is 183 Å². The summed E-state index contributed by atoms with van der Waals surface area (Å²) in [6.07, 6.45) is 15.8. The Balaban J connectivity index is 0.000000642. The number of hydrogen-bond acceptors (Lipinski definition) is 5. The van der Waals surface area contributed by atoms with Gasteiger partial charge in [-0.25, -0.2) is 0 Å². The smallest absolute Gasteiger partial charge is 0.306 e. The molecule has 0 unspecified atom stereocenters. The average molecular weight is 423 g/mol. The van der Waals surface area contributed by atoms with Gasteiger partial charge in [-0.05, 0) is 38.5 Å². The quantitative estimate of drug-likeness (QED) is 0.190. The molecule has 0 amide bonds. The van der Waals surface area contributed by atoms with E-state index < -0.39 is 0 Å². The molecule has 0 heterocycles. The predicted molar refractivity (Wildman–Crippen MR) is 122 cm³/mol. The summed E-state index contributed by atoms with van der Waals surface area (Å²) in [5, 5.41) is 9.09. The van der Waals surface area contributed by atoms with E-state index >= 15 is 0 Å². The Morgan fingerprint density at radius 1 is 0.967 bits per heavy atom. The molecule has 0 spiro atoms. The molecule has 0 fully saturated rings. The normalized spacial score (nSPS) is 10.3. The third kappa shape index (κ3) is 15.8. The Morgan fingerprint density at radius 3 is 1.97 bits per heavy atom. The second kappa shape index (κ2) is 19.0. The molecule has 5 nitrogen and oxygen atoms in total. The first-order valence-corrected chi connectivity index (χ1v) is 11.5. The lowest BCUT2D eigenvalue weighted by molar-refractivity contribution is -0.147. The molecule has 0 bridgehead atoms. The Bertz CT molecular complexity index is 569. The van der Waals surface area contributed by atoms with E-state index in [-0.39, 0.29) is 17.8 Å². The van der Waals surface area contributed by atoms with E-state index in [4.69, 9.17) is 14.6 Å². The Morgan fingerprint density at radius 2 is 1.50 bits per heavy atom. The highest BCUT2D eigenvalue weighted by atomic mass is 16.5. The zero-order valence-electron chi connectivity index (χ0n) is 19.5. The number of carbonyl (C=O) groups excluding carboxylic acids is 2. The highest BCUT2D eigenvalue weighted by Crippen LogP contribution is 2.25. The van der Waals surface area contributed by atoms with Gasteiger partial charge in [0.1, 0.15) is 6.29 Å². The number of hydrogen-bond donors (Lipinski definition) is 1. The largest absolute Gasteiger partial charge is 0.504 e. The number of methoxy groups -OCH3 is 1. The van der Waals surface area contributed by atoms with Gasteiger partial charge in [-0.1, -0.05) is 71.1 Å². The monoisotopic (exact) mass is 422 g/mol. The number of aromatic hydroxyl groups is 1. The minimum Gasteiger partial charge on any atom is -0.504 e. The fourth-order valence-electron chi connectivity index (χ4n) is 3.02. The van der Waals surface area contributed by atoms with Crippen molar-refractivity contribution in [3.63, 3.8) is 0 Å². The van der Waals surface area contributed by atoms with E-state index in [1.54, 1.807) is 0 Å². The Kier molecular flexibility index (Phi) is 17.7. The van der Waals surface area contributed by atoms with Crippen LogP contribution in [0, 0.1) is 0 Å². The van der Waals surface area contributed by atoms with Crippen molar-refractivity contribution in [1.82, 2.24) is 0 Å². The highest BCUT2D eigenvalue weighted by molar-refractivity contribution is 5.76. The van der Waals surface area contributed by atoms with Crippen molar-refractivity contribution in [2.75, 3.05) is 7.11 Å². The molecular weight excluding hydrogens is 380 g/mol. The minimum absolute atomic E-state index is 0.0280. The molecule has 1 aromatic carbocycles. The SMILES string of the molecule is CCCCCCCCCCCCCC(=O)OC(C)C.COc1cc(C=O)ccc1O. The molecule has 0 saturated heterocycles. The molecule has 1 rings (SSSR count). The number of esters is 1. The molecule has 1 N–H and O–H groups in total. The number of benzene rings is 1. The van der Waals surface area contributed by atoms with Gasteiger partial charge in [-0.2, -0.15) is 0 Å². The fraction of sp³-hybridized carbons (Fsp3) is 0.680. The third-order valence-corrected chi connectivity index (χ3v) is 4.69. The van der Waals surface area contributed by atoms with Crippen LogP contribution in [0.15, 0.2) is 18.2 Å². The third-order valence-electron chi connectivity index (χ3n) is 4.69. The second-order valence-corrected chi connectivity index (χ2v) is 7.87. The van der Waals surface area contributed by atoms with Crippen LogP contribution >= 0.6 is 0 Å². The standard InChI is InChI=1S/C17H34O2.C8H8O3/c1-4-5-6-7-8-9-10-11-12-13-14-15-17(18)19-16(2)3;1-11-8-4-6(5-9)2-3-7(8)10/h16H,4-15H2,1-3H3;2-5,10H,1H3. The van der Waals surface area contributed by atoms with E-state index in [2.05, 4.69) is 6.92 Å². The molecule has 172 valence electrons. The van der Waals surface area contributed by atoms with Crippen LogP contribution in [0.3, 0.4) is 0 Å². The number of aldehydes is 1. The molecule has 0 aliphatic heterocycles. The molecule has 0 radical (unpaired) electrons. The van der Waals surface area contributed by atoms with E-state index in [1.807, 2.05) is 13.8 Å². The zero-order chi connectivity index (χ0) is 22.6. The molecule has 5 heteroatoms. The number of phenolic OH excluding ortho intramolecular Hbond substituents is 1. The maximum absolute atomic E-state index is 11.3. The van der Waals surface area contributed by atoms with Crippen molar-refractivity contribution < 1.29 is 24.2 Å². The lowest BCUT2D eigenvalue weighted by Crippen LogP contribution is -2.10. The average Bonchev–Trinajstić information content (AvgIpc) is 2.72. The summed E-state index contributed by atoms with van der Waals surface area (Å²) in [5.41, 5.74) is 0.486. The second-order valence-electron chi connectivity index (χ2n) is 7.87. The lowest BCUT2D eigenvalue weighted by atomic mass is 10.1. The maximum atomic E-state index is 11.3. The van der Waals surface area contributed by atoms with Crippen molar-refractivity contribution >= 4 is 12.3 Å². The molecular formula is C25H42O5. The molecule has 30 heavy (non-hydrogen) atoms. The molecule has 1 aromatic rings. The van der Waals surface area contributed by atoms with Gasteiger partial charge in [0.05, 0.1) is 13.2 Å². The summed E-state index contributed by atoms with van der Waals surface area (Å²) in [5.74, 6) is 0.318. The van der Waals surface area contributed by atoms with E-state index in [9.17, 15) is 9.59 Å². The molecule has 0 aromatic heterocycles. The molecule has 0 aliphatic carbocycles. The number of ether oxygens (including phenoxy) is 2. The van der Waals surface area contributed by atoms with Gasteiger partial charge in [0, 0.05) is 12.0 Å². The summed E-state index contributed by atoms with van der Waals surface area (Å²) in [7, 11) is 1.43. The molecule has 0 aliphatic rings. The summed E-state index contributed by atoms with van der Waals surface area (Å²) in [6, 6.07) is 4.41. The number of rotatable bonds is 15. The van der Waals surface area contributed by atoms with Crippen LogP contribution in [-0.4, -0.2) is 30.6 Å². The Hall–Kier alpha value is -2.04. The van der Waals surface area contributed by atoms with Crippen LogP contribution in [0.1, 0.15) is 108 Å². The maximum Gasteiger partial charge on any atom is 0.306 e. The van der Waals surface area contributed by atoms with E-state index in [0.29, 0.717) is 24.0 Å². The van der Waals surface area contributed by atoms with Crippen molar-refractivity contribution in [1.29, 1.82) is 0 Å². The first-order valence-electron chi connectivity index (χ1n) is 11.5. The van der Waals surface area contributed by atoms with Gasteiger partial charge in [-0.15, -0.1) is 0 Å². The van der Waals surface area contributed by atoms with E-state index in [0.717, 1.165) is 6.42 Å². The molecule has 0 atom stereocenters. The first kappa shape index (κ1) is 28.0. The fourth-order valence-corrected chi connectivity index (χ4v) is 3.02. The topological polar surface area (TPSA) is 72.8 Å². The lowest BCUT2D eigenvalue weighted by Gasteiger charge is -2.07. The summed E-state index contributed by atoms with van der Waals surface area (Å²) in [4.78, 5) is 21.5. The van der Waals surface area contributed by atoms with Gasteiger partial charge in [0.2, 0.25) is 0 Å². The summed E-state index contributed by atoms with van der Waals surface area (Å²) < 4.78 is 9.88. The van der Waals surface area contributed by atoms with Gasteiger partial charge >= 0.3 is 5.97 Å². The highest BCUT2D eigenvalue weighted by Gasteiger charge is 2.04. The minimum atomic E-state index is -0.0362. The summed E-state index contributed by atoms with van der Waals surface area (Å²) in [6.45, 7) is 6.06. The van der Waals surface area contributed by atoms with Crippen LogP contribution in [0.4, 0.5) is 0 Å². The van der Waals surface area contributed by atoms with Crippen LogP contribution in [0.2, 0.25) is 0 Å². The number of phenols is 1. The van der Waals surface area contributed by atoms with Crippen molar-refractivity contribution in [2.45, 2.75) is 104 Å².